The van der Waals surface area contributed by atoms with Crippen LogP contribution in [0, 0.1) is 5.82 Å². The molecule has 0 radical (unpaired) electrons. The molecule has 1 aliphatic rings. The molecule has 0 heterocycles. The van der Waals surface area contributed by atoms with Gasteiger partial charge in [0.05, 0.1) is 14.2 Å². The lowest BCUT2D eigenvalue weighted by atomic mass is 9.72. The van der Waals surface area contributed by atoms with Crippen LogP contribution in [0.1, 0.15) is 24.8 Å². The summed E-state index contributed by atoms with van der Waals surface area (Å²) in [6.07, 6.45) is 2.60. The second kappa shape index (κ2) is 4.46. The molecule has 2 rings (SSSR count). The first-order valence-corrected chi connectivity index (χ1v) is 6.22. The molecule has 1 aliphatic carbocycles. The molecule has 0 bridgehead atoms. The molecule has 0 aromatic heterocycles. The van der Waals surface area contributed by atoms with E-state index >= 15 is 0 Å². The number of hydrogen-bond acceptors (Lipinski definition) is 3. The largest absolute Gasteiger partial charge is 0.493 e. The summed E-state index contributed by atoms with van der Waals surface area (Å²) in [5.41, 5.74) is 6.08. The summed E-state index contributed by atoms with van der Waals surface area (Å²) in [4.78, 5) is 0. The predicted molar refractivity (Wildman–Crippen MR) is 66.9 cm³/mol. The average molecular weight is 304 g/mol. The molecule has 1 fully saturated rings. The van der Waals surface area contributed by atoms with Gasteiger partial charge >= 0.3 is 0 Å². The van der Waals surface area contributed by atoms with Crippen molar-refractivity contribution in [3.8, 4) is 11.5 Å². The van der Waals surface area contributed by atoms with Crippen LogP contribution in [0.3, 0.4) is 0 Å². The van der Waals surface area contributed by atoms with Crippen LogP contribution in [0.5, 0.6) is 11.5 Å². The van der Waals surface area contributed by atoms with Gasteiger partial charge in [-0.25, -0.2) is 4.39 Å². The smallest absolute Gasteiger partial charge is 0.197 e. The van der Waals surface area contributed by atoms with Crippen LogP contribution < -0.4 is 15.2 Å². The molecule has 1 aromatic rings. The Morgan fingerprint density at radius 1 is 1.35 bits per heavy atom. The van der Waals surface area contributed by atoms with E-state index in [0.29, 0.717) is 15.8 Å². The first-order valence-electron chi connectivity index (χ1n) is 5.43. The minimum atomic E-state index is -0.581. The van der Waals surface area contributed by atoms with Crippen LogP contribution in [0.15, 0.2) is 10.5 Å². The highest BCUT2D eigenvalue weighted by molar-refractivity contribution is 9.10. The first-order chi connectivity index (χ1) is 8.03. The number of methoxy groups -OCH3 is 2. The van der Waals surface area contributed by atoms with Gasteiger partial charge in [0.25, 0.3) is 0 Å². The Bertz CT molecular complexity index is 447. The van der Waals surface area contributed by atoms with Gasteiger partial charge in [-0.15, -0.1) is 0 Å². The minimum Gasteiger partial charge on any atom is -0.493 e. The number of hydrogen-bond donors (Lipinski definition) is 1. The molecule has 1 saturated carbocycles. The van der Waals surface area contributed by atoms with Gasteiger partial charge in [-0.3, -0.25) is 0 Å². The average Bonchev–Trinajstić information content (AvgIpc) is 2.25. The second-order valence-corrected chi connectivity index (χ2v) is 5.15. The van der Waals surface area contributed by atoms with Crippen molar-refractivity contribution < 1.29 is 13.9 Å². The van der Waals surface area contributed by atoms with Crippen LogP contribution in [-0.2, 0) is 5.54 Å². The van der Waals surface area contributed by atoms with Crippen LogP contribution in [-0.4, -0.2) is 14.2 Å². The lowest BCUT2D eigenvalue weighted by Crippen LogP contribution is -2.44. The molecule has 1 aromatic carbocycles. The Morgan fingerprint density at radius 2 is 2.00 bits per heavy atom. The molecule has 0 spiro atoms. The highest BCUT2D eigenvalue weighted by atomic mass is 79.9. The second-order valence-electron chi connectivity index (χ2n) is 4.29. The predicted octanol–water partition coefficient (Wildman–Crippen LogP) is 2.94. The van der Waals surface area contributed by atoms with Crippen molar-refractivity contribution in [2.24, 2.45) is 5.73 Å². The zero-order valence-electron chi connectivity index (χ0n) is 9.85. The molecule has 0 saturated heterocycles. The van der Waals surface area contributed by atoms with Gasteiger partial charge in [0.2, 0.25) is 0 Å². The lowest BCUT2D eigenvalue weighted by Gasteiger charge is -2.39. The molecule has 94 valence electrons. The fourth-order valence-corrected chi connectivity index (χ4v) is 2.96. The molecule has 17 heavy (non-hydrogen) atoms. The van der Waals surface area contributed by atoms with E-state index in [1.807, 2.05) is 0 Å². The Hall–Kier alpha value is -0.810. The van der Waals surface area contributed by atoms with E-state index < -0.39 is 11.4 Å². The molecular formula is C12H15BrFNO2. The van der Waals surface area contributed by atoms with E-state index in [-0.39, 0.29) is 5.75 Å². The number of rotatable bonds is 3. The zero-order chi connectivity index (χ0) is 12.6. The highest BCUT2D eigenvalue weighted by Gasteiger charge is 2.40. The molecule has 0 atom stereocenters. The van der Waals surface area contributed by atoms with Crippen LogP contribution in [0.25, 0.3) is 0 Å². The standard InChI is InChI=1S/C12H15BrFNO2/c1-16-8-6-7(13)9(10(14)11(8)17-2)12(15)4-3-5-12/h6H,3-5,15H2,1-2H3. The van der Waals surface area contributed by atoms with E-state index in [4.69, 9.17) is 15.2 Å². The van der Waals surface area contributed by atoms with Crippen molar-refractivity contribution in [3.63, 3.8) is 0 Å². The molecule has 0 amide bonds. The molecule has 0 aliphatic heterocycles. The summed E-state index contributed by atoms with van der Waals surface area (Å²) < 4.78 is 25.1. The maximum absolute atomic E-state index is 14.4. The molecule has 3 nitrogen and oxygen atoms in total. The summed E-state index contributed by atoms with van der Waals surface area (Å²) in [6.45, 7) is 0. The van der Waals surface area contributed by atoms with Crippen molar-refractivity contribution in [2.75, 3.05) is 14.2 Å². The minimum absolute atomic E-state index is 0.113. The van der Waals surface area contributed by atoms with Gasteiger partial charge in [0.15, 0.2) is 17.3 Å². The van der Waals surface area contributed by atoms with Gasteiger partial charge in [0.1, 0.15) is 0 Å². The maximum atomic E-state index is 14.4. The number of halogens is 2. The van der Waals surface area contributed by atoms with Gasteiger partial charge in [-0.05, 0) is 25.3 Å². The number of benzene rings is 1. The van der Waals surface area contributed by atoms with Gasteiger partial charge in [-0.1, -0.05) is 15.9 Å². The van der Waals surface area contributed by atoms with Gasteiger partial charge in [-0.2, -0.15) is 0 Å². The summed E-state index contributed by atoms with van der Waals surface area (Å²) in [5, 5.41) is 0. The van der Waals surface area contributed by atoms with Crippen LogP contribution in [0.2, 0.25) is 0 Å². The highest BCUT2D eigenvalue weighted by Crippen LogP contribution is 2.47. The molecule has 2 N–H and O–H groups in total. The zero-order valence-corrected chi connectivity index (χ0v) is 11.4. The van der Waals surface area contributed by atoms with E-state index in [1.165, 1.54) is 14.2 Å². The third kappa shape index (κ3) is 1.91. The Balaban J connectivity index is 2.60. The molecular weight excluding hydrogens is 289 g/mol. The Morgan fingerprint density at radius 3 is 2.41 bits per heavy atom. The summed E-state index contributed by atoms with van der Waals surface area (Å²) >= 11 is 3.36. The Labute approximate surface area is 108 Å². The summed E-state index contributed by atoms with van der Waals surface area (Å²) in [7, 11) is 2.90. The topological polar surface area (TPSA) is 44.5 Å². The van der Waals surface area contributed by atoms with E-state index in [1.54, 1.807) is 6.07 Å². The van der Waals surface area contributed by atoms with E-state index in [9.17, 15) is 4.39 Å². The van der Waals surface area contributed by atoms with Crippen molar-refractivity contribution in [1.29, 1.82) is 0 Å². The third-order valence-corrected chi connectivity index (χ3v) is 3.93. The van der Waals surface area contributed by atoms with Crippen molar-refractivity contribution in [1.82, 2.24) is 0 Å². The SMILES string of the molecule is COc1cc(Br)c(C2(N)CCC2)c(F)c1OC. The third-order valence-electron chi connectivity index (χ3n) is 3.31. The maximum Gasteiger partial charge on any atom is 0.197 e. The normalized spacial score (nSPS) is 17.5. The molecule has 0 unspecified atom stereocenters. The summed E-state index contributed by atoms with van der Waals surface area (Å²) in [6, 6.07) is 1.70. The Kier molecular flexibility index (Phi) is 3.32. The van der Waals surface area contributed by atoms with E-state index in [0.717, 1.165) is 19.3 Å². The first kappa shape index (κ1) is 12.6. The fourth-order valence-electron chi connectivity index (χ4n) is 2.19. The quantitative estimate of drug-likeness (QED) is 0.934. The monoisotopic (exact) mass is 303 g/mol. The lowest BCUT2D eigenvalue weighted by molar-refractivity contribution is 0.239. The van der Waals surface area contributed by atoms with Gasteiger partial charge < -0.3 is 15.2 Å². The van der Waals surface area contributed by atoms with Crippen molar-refractivity contribution in [3.05, 3.63) is 21.9 Å². The van der Waals surface area contributed by atoms with Crippen molar-refractivity contribution in [2.45, 2.75) is 24.8 Å². The summed E-state index contributed by atoms with van der Waals surface area (Å²) in [5.74, 6) is 0.0481. The molecule has 5 heteroatoms. The van der Waals surface area contributed by atoms with Crippen LogP contribution in [0.4, 0.5) is 4.39 Å². The fraction of sp³-hybridized carbons (Fsp3) is 0.500. The van der Waals surface area contributed by atoms with Crippen LogP contribution >= 0.6 is 15.9 Å². The van der Waals surface area contributed by atoms with Crippen molar-refractivity contribution >= 4 is 15.9 Å². The van der Waals surface area contributed by atoms with E-state index in [2.05, 4.69) is 15.9 Å². The number of nitrogens with two attached hydrogens (primary N) is 1. The van der Waals surface area contributed by atoms with Gasteiger partial charge in [0, 0.05) is 15.6 Å². The number of ether oxygens (including phenoxy) is 2.